The largest absolute Gasteiger partial charge is 0.423 e. The predicted molar refractivity (Wildman–Crippen MR) is 90.7 cm³/mol. The van der Waals surface area contributed by atoms with Gasteiger partial charge in [-0.3, -0.25) is 4.55 Å². The molecule has 2 saturated heterocycles. The molecule has 3 heterocycles. The number of rotatable bonds is 6. The molecular weight excluding hydrogens is 378 g/mol. The first-order valence-electron chi connectivity index (χ1n) is 8.84. The maximum atomic E-state index is 12.7. The van der Waals surface area contributed by atoms with Crippen molar-refractivity contribution in [3.63, 3.8) is 0 Å². The SMILES string of the molecule is C[C@@H](CN(C)C)c1nnc([C@@H]2CC3(CC3)[C@@H]3CN2C(=O)N3OS(=O)(=O)O)o1. The van der Waals surface area contributed by atoms with Gasteiger partial charge in [0, 0.05) is 19.0 Å². The third-order valence-electron chi connectivity index (χ3n) is 5.64. The Bertz CT molecular complexity index is 851. The topological polar surface area (TPSA) is 129 Å². The fourth-order valence-electron chi connectivity index (χ4n) is 4.24. The maximum Gasteiger partial charge on any atom is 0.418 e. The molecular formula is C15H23N5O6S. The Morgan fingerprint density at radius 3 is 2.70 bits per heavy atom. The summed E-state index contributed by atoms with van der Waals surface area (Å²) in [5.74, 6) is 0.895. The molecule has 2 aliphatic heterocycles. The lowest BCUT2D eigenvalue weighted by Crippen LogP contribution is -2.43. The summed E-state index contributed by atoms with van der Waals surface area (Å²) in [6.07, 6.45) is 2.29. The summed E-state index contributed by atoms with van der Waals surface area (Å²) < 4.78 is 41.8. The highest BCUT2D eigenvalue weighted by atomic mass is 32.3. The lowest BCUT2D eigenvalue weighted by Gasteiger charge is -2.34. The Morgan fingerprint density at radius 2 is 2.11 bits per heavy atom. The standard InChI is InChI=1S/C15H23N5O6S/c1-9(7-18(2)3)12-16-17-13(25-12)10-6-15(4-5-15)11-8-19(10)14(21)20(11)26-27(22,23)24/h9-11H,4-8H2,1-3H3,(H,22,23,24)/t9-,10-,11-/m0/s1. The third kappa shape index (κ3) is 3.30. The fraction of sp³-hybridized carbons (Fsp3) is 0.800. The van der Waals surface area contributed by atoms with Gasteiger partial charge in [-0.2, -0.15) is 13.5 Å². The van der Waals surface area contributed by atoms with Crippen LogP contribution in [-0.4, -0.2) is 77.3 Å². The molecule has 1 saturated carbocycles. The summed E-state index contributed by atoms with van der Waals surface area (Å²) in [6.45, 7) is 3.03. The number of hydrogen-bond donors (Lipinski definition) is 1. The number of hydrogen-bond acceptors (Lipinski definition) is 8. The highest BCUT2D eigenvalue weighted by Gasteiger charge is 2.64. The van der Waals surface area contributed by atoms with E-state index in [0.29, 0.717) is 24.7 Å². The van der Waals surface area contributed by atoms with Crippen LogP contribution in [-0.2, 0) is 14.7 Å². The van der Waals surface area contributed by atoms with Crippen LogP contribution in [0.15, 0.2) is 4.42 Å². The minimum Gasteiger partial charge on any atom is -0.423 e. The van der Waals surface area contributed by atoms with Crippen molar-refractivity contribution in [2.75, 3.05) is 27.2 Å². The van der Waals surface area contributed by atoms with Gasteiger partial charge in [0.25, 0.3) is 0 Å². The van der Waals surface area contributed by atoms with Gasteiger partial charge in [-0.05, 0) is 38.8 Å². The molecule has 1 aliphatic carbocycles. The smallest absolute Gasteiger partial charge is 0.418 e. The van der Waals surface area contributed by atoms with Gasteiger partial charge in [0.15, 0.2) is 0 Å². The average Bonchev–Trinajstić information content (AvgIpc) is 3.04. The normalized spacial score (nSPS) is 27.7. The monoisotopic (exact) mass is 401 g/mol. The molecule has 0 radical (unpaired) electrons. The molecule has 0 unspecified atom stereocenters. The molecule has 1 aromatic rings. The highest BCUT2D eigenvalue weighted by Crippen LogP contribution is 2.61. The van der Waals surface area contributed by atoms with E-state index in [-0.39, 0.29) is 11.3 Å². The van der Waals surface area contributed by atoms with Gasteiger partial charge < -0.3 is 14.2 Å². The summed E-state index contributed by atoms with van der Waals surface area (Å²) in [5, 5.41) is 9.08. The molecule has 4 rings (SSSR count). The molecule has 27 heavy (non-hydrogen) atoms. The molecule has 2 bridgehead atoms. The van der Waals surface area contributed by atoms with Crippen LogP contribution < -0.4 is 0 Å². The Labute approximate surface area is 157 Å². The molecule has 3 atom stereocenters. The summed E-state index contributed by atoms with van der Waals surface area (Å²) in [7, 11) is -0.866. The highest BCUT2D eigenvalue weighted by molar-refractivity contribution is 7.80. The van der Waals surface area contributed by atoms with Crippen molar-refractivity contribution in [2.45, 2.75) is 44.2 Å². The molecule has 1 aromatic heterocycles. The molecule has 3 aliphatic rings. The average molecular weight is 401 g/mol. The second-order valence-corrected chi connectivity index (χ2v) is 9.01. The summed E-state index contributed by atoms with van der Waals surface area (Å²) in [5.41, 5.74) is -0.248. The van der Waals surface area contributed by atoms with Crippen LogP contribution in [0.5, 0.6) is 0 Å². The minimum atomic E-state index is -4.78. The van der Waals surface area contributed by atoms with Crippen LogP contribution in [0, 0.1) is 5.41 Å². The van der Waals surface area contributed by atoms with Crippen LogP contribution in [0.4, 0.5) is 4.79 Å². The second-order valence-electron chi connectivity index (χ2n) is 8.00. The van der Waals surface area contributed by atoms with E-state index in [2.05, 4.69) is 14.5 Å². The number of carbonyl (C=O) groups is 1. The zero-order valence-corrected chi connectivity index (χ0v) is 16.2. The van der Waals surface area contributed by atoms with Crippen LogP contribution in [0.3, 0.4) is 0 Å². The zero-order chi connectivity index (χ0) is 19.6. The van der Waals surface area contributed by atoms with Crippen molar-refractivity contribution in [1.29, 1.82) is 0 Å². The molecule has 0 aromatic carbocycles. The lowest BCUT2D eigenvalue weighted by molar-refractivity contribution is -0.0530. The number of hydroxylamine groups is 2. The van der Waals surface area contributed by atoms with Gasteiger partial charge >= 0.3 is 16.4 Å². The quantitative estimate of drug-likeness (QED) is 0.688. The van der Waals surface area contributed by atoms with Gasteiger partial charge in [-0.25, -0.2) is 4.79 Å². The Hall–Kier alpha value is -1.76. The predicted octanol–water partition coefficient (Wildman–Crippen LogP) is 0.800. The third-order valence-corrected chi connectivity index (χ3v) is 5.99. The maximum absolute atomic E-state index is 12.7. The second kappa shape index (κ2) is 6.12. The van der Waals surface area contributed by atoms with Crippen molar-refractivity contribution in [1.82, 2.24) is 25.1 Å². The molecule has 3 fully saturated rings. The van der Waals surface area contributed by atoms with E-state index >= 15 is 0 Å². The number of carbonyl (C=O) groups excluding carboxylic acids is 1. The molecule has 12 heteroatoms. The van der Waals surface area contributed by atoms with Gasteiger partial charge in [0.1, 0.15) is 6.04 Å². The Kier molecular flexibility index (Phi) is 4.22. The van der Waals surface area contributed by atoms with Crippen molar-refractivity contribution in [2.24, 2.45) is 5.41 Å². The Morgan fingerprint density at radius 1 is 1.41 bits per heavy atom. The lowest BCUT2D eigenvalue weighted by atomic mass is 9.85. The molecule has 11 nitrogen and oxygen atoms in total. The van der Waals surface area contributed by atoms with E-state index in [1.165, 1.54) is 4.90 Å². The molecule has 150 valence electrons. The number of amides is 2. The van der Waals surface area contributed by atoms with E-state index in [1.54, 1.807) is 0 Å². The first kappa shape index (κ1) is 18.6. The van der Waals surface area contributed by atoms with Gasteiger partial charge in [0.05, 0.1) is 6.04 Å². The van der Waals surface area contributed by atoms with Crippen molar-refractivity contribution in [3.05, 3.63) is 11.8 Å². The first-order chi connectivity index (χ1) is 12.6. The number of nitrogens with zero attached hydrogens (tertiary/aromatic N) is 5. The van der Waals surface area contributed by atoms with E-state index in [9.17, 15) is 13.2 Å². The van der Waals surface area contributed by atoms with Crippen molar-refractivity contribution in [3.8, 4) is 0 Å². The van der Waals surface area contributed by atoms with Crippen LogP contribution in [0.2, 0.25) is 0 Å². The Balaban J connectivity index is 1.59. The summed E-state index contributed by atoms with van der Waals surface area (Å²) >= 11 is 0. The summed E-state index contributed by atoms with van der Waals surface area (Å²) in [4.78, 5) is 16.2. The van der Waals surface area contributed by atoms with E-state index in [0.717, 1.165) is 24.4 Å². The number of likely N-dealkylation sites (N-methyl/N-ethyl adjacent to an activating group) is 1. The van der Waals surface area contributed by atoms with Gasteiger partial charge in [-0.15, -0.1) is 14.5 Å². The van der Waals surface area contributed by atoms with E-state index < -0.39 is 28.5 Å². The van der Waals surface area contributed by atoms with Crippen LogP contribution >= 0.6 is 0 Å². The van der Waals surface area contributed by atoms with E-state index in [4.69, 9.17) is 8.97 Å². The van der Waals surface area contributed by atoms with Gasteiger partial charge in [-0.1, -0.05) is 6.92 Å². The minimum absolute atomic E-state index is 0.0427. The number of fused-ring (bicyclic) bond motifs is 3. The molecule has 1 N–H and O–H groups in total. The number of urea groups is 1. The van der Waals surface area contributed by atoms with E-state index in [1.807, 2.05) is 25.9 Å². The first-order valence-corrected chi connectivity index (χ1v) is 10.2. The van der Waals surface area contributed by atoms with Crippen LogP contribution in [0.1, 0.15) is 49.9 Å². The fourth-order valence-corrected chi connectivity index (χ4v) is 4.61. The number of aromatic nitrogens is 2. The zero-order valence-electron chi connectivity index (χ0n) is 15.4. The van der Waals surface area contributed by atoms with Crippen LogP contribution in [0.25, 0.3) is 0 Å². The summed E-state index contributed by atoms with van der Waals surface area (Å²) in [6, 6.07) is -1.47. The van der Waals surface area contributed by atoms with Crippen molar-refractivity contribution >= 4 is 16.4 Å². The number of piperidine rings is 1. The molecule has 2 amide bonds. The molecule has 1 spiro atoms. The van der Waals surface area contributed by atoms with Gasteiger partial charge in [0.2, 0.25) is 11.8 Å². The van der Waals surface area contributed by atoms with Crippen molar-refractivity contribution < 1.29 is 26.5 Å².